The van der Waals surface area contributed by atoms with Crippen molar-refractivity contribution in [3.63, 3.8) is 0 Å². The molecule has 0 aliphatic carbocycles. The minimum atomic E-state index is 0. The van der Waals surface area contributed by atoms with E-state index in [0.29, 0.717) is 13.1 Å². The van der Waals surface area contributed by atoms with Crippen LogP contribution in [0.2, 0.25) is 0 Å². The van der Waals surface area contributed by atoms with Crippen LogP contribution in [0.25, 0.3) is 11.3 Å². The molecule has 1 aromatic carbocycles. The zero-order valence-corrected chi connectivity index (χ0v) is 18.1. The van der Waals surface area contributed by atoms with E-state index in [1.54, 1.807) is 18.4 Å². The molecule has 6 nitrogen and oxygen atoms in total. The fourth-order valence-corrected chi connectivity index (χ4v) is 3.09. The van der Waals surface area contributed by atoms with Crippen molar-refractivity contribution in [3.05, 3.63) is 58.2 Å². The molecule has 0 spiro atoms. The Labute approximate surface area is 174 Å². The molecule has 0 amide bonds. The van der Waals surface area contributed by atoms with Crippen LogP contribution >= 0.6 is 35.3 Å². The number of halogens is 1. The van der Waals surface area contributed by atoms with E-state index < -0.39 is 0 Å². The number of aliphatic imine (C=N–C) groups is 1. The Kier molecular flexibility index (Phi) is 7.58. The van der Waals surface area contributed by atoms with Gasteiger partial charge in [0, 0.05) is 31.1 Å². The number of rotatable bonds is 5. The van der Waals surface area contributed by atoms with Gasteiger partial charge in [0.1, 0.15) is 5.69 Å². The molecule has 0 radical (unpaired) electrons. The quantitative estimate of drug-likeness (QED) is 0.339. The van der Waals surface area contributed by atoms with E-state index in [1.807, 2.05) is 55.3 Å². The first kappa shape index (κ1) is 20.4. The van der Waals surface area contributed by atoms with Gasteiger partial charge in [-0.05, 0) is 6.92 Å². The van der Waals surface area contributed by atoms with Gasteiger partial charge < -0.3 is 14.7 Å². The summed E-state index contributed by atoms with van der Waals surface area (Å²) < 4.78 is 5.42. The summed E-state index contributed by atoms with van der Waals surface area (Å²) in [6.07, 6.45) is 0. The first-order valence-corrected chi connectivity index (χ1v) is 8.87. The zero-order valence-electron chi connectivity index (χ0n) is 15.0. The highest BCUT2D eigenvalue weighted by Gasteiger charge is 2.11. The van der Waals surface area contributed by atoms with Crippen LogP contribution in [-0.2, 0) is 13.1 Å². The molecule has 3 rings (SSSR count). The number of thiazole rings is 1. The van der Waals surface area contributed by atoms with Crippen molar-refractivity contribution in [1.29, 1.82) is 0 Å². The lowest BCUT2D eigenvalue weighted by Crippen LogP contribution is -2.38. The summed E-state index contributed by atoms with van der Waals surface area (Å²) in [5, 5.41) is 10.6. The van der Waals surface area contributed by atoms with Crippen LogP contribution in [0.1, 0.15) is 16.4 Å². The Bertz CT molecular complexity index is 846. The van der Waals surface area contributed by atoms with E-state index in [9.17, 15) is 0 Å². The van der Waals surface area contributed by atoms with E-state index in [-0.39, 0.29) is 24.0 Å². The smallest absolute Gasteiger partial charge is 0.194 e. The molecule has 0 bridgehead atoms. The van der Waals surface area contributed by atoms with Gasteiger partial charge in [0.15, 0.2) is 11.7 Å². The summed E-state index contributed by atoms with van der Waals surface area (Å²) >= 11 is 1.66. The van der Waals surface area contributed by atoms with Crippen LogP contribution in [0.5, 0.6) is 0 Å². The largest absolute Gasteiger partial charge is 0.356 e. The van der Waals surface area contributed by atoms with Gasteiger partial charge in [-0.15, -0.1) is 35.3 Å². The van der Waals surface area contributed by atoms with Crippen molar-refractivity contribution in [2.75, 3.05) is 14.1 Å². The summed E-state index contributed by atoms with van der Waals surface area (Å²) in [5.74, 6) is 1.55. The van der Waals surface area contributed by atoms with Crippen molar-refractivity contribution in [2.24, 2.45) is 4.99 Å². The number of nitrogens with zero attached hydrogens (tertiary/aromatic N) is 4. The Morgan fingerprint density at radius 1 is 1.27 bits per heavy atom. The molecule has 8 heteroatoms. The summed E-state index contributed by atoms with van der Waals surface area (Å²) in [5.41, 5.74) is 2.89. The second kappa shape index (κ2) is 9.67. The molecule has 2 aromatic heterocycles. The van der Waals surface area contributed by atoms with Gasteiger partial charge in [-0.1, -0.05) is 35.5 Å². The number of nitrogens with one attached hydrogen (secondary N) is 1. The van der Waals surface area contributed by atoms with Crippen LogP contribution in [0.3, 0.4) is 0 Å². The van der Waals surface area contributed by atoms with Gasteiger partial charge in [0.25, 0.3) is 0 Å². The van der Waals surface area contributed by atoms with Crippen LogP contribution in [-0.4, -0.2) is 35.1 Å². The lowest BCUT2D eigenvalue weighted by atomic mass is 10.2. The predicted molar refractivity (Wildman–Crippen MR) is 116 cm³/mol. The molecule has 138 valence electrons. The van der Waals surface area contributed by atoms with E-state index in [4.69, 9.17) is 4.52 Å². The summed E-state index contributed by atoms with van der Waals surface area (Å²) in [6, 6.07) is 11.9. The Balaban J connectivity index is 0.00000243. The van der Waals surface area contributed by atoms with E-state index in [0.717, 1.165) is 33.7 Å². The second-order valence-corrected chi connectivity index (χ2v) is 6.73. The molecule has 1 N–H and O–H groups in total. The molecule has 0 unspecified atom stereocenters. The first-order chi connectivity index (χ1) is 12.2. The van der Waals surface area contributed by atoms with Crippen molar-refractivity contribution in [2.45, 2.75) is 20.0 Å². The molecule has 0 fully saturated rings. The van der Waals surface area contributed by atoms with Gasteiger partial charge >= 0.3 is 0 Å². The fourth-order valence-electron chi connectivity index (χ4n) is 2.49. The van der Waals surface area contributed by atoms with Crippen molar-refractivity contribution >= 4 is 41.3 Å². The summed E-state index contributed by atoms with van der Waals surface area (Å²) in [7, 11) is 3.76. The normalized spacial score (nSPS) is 11.1. The van der Waals surface area contributed by atoms with Gasteiger partial charge in [-0.3, -0.25) is 4.99 Å². The third kappa shape index (κ3) is 5.28. The Morgan fingerprint density at radius 3 is 2.69 bits per heavy atom. The van der Waals surface area contributed by atoms with Crippen LogP contribution in [0.4, 0.5) is 0 Å². The average Bonchev–Trinajstić information content (AvgIpc) is 3.25. The van der Waals surface area contributed by atoms with Gasteiger partial charge in [0.05, 0.1) is 23.8 Å². The molecule has 2 heterocycles. The van der Waals surface area contributed by atoms with Gasteiger partial charge in [-0.25, -0.2) is 4.98 Å². The molecule has 26 heavy (non-hydrogen) atoms. The monoisotopic (exact) mass is 483 g/mol. The number of benzene rings is 1. The standard InChI is InChI=1S/C18H21N5OS.HI/c1-13-21-16(12-25-13)11-23(3)18(19-2)20-10-15-9-17(24-22-15)14-7-5-4-6-8-14;/h4-9,12H,10-11H2,1-3H3,(H,19,20);1H. The Morgan fingerprint density at radius 2 is 2.04 bits per heavy atom. The third-order valence-electron chi connectivity index (χ3n) is 3.68. The van der Waals surface area contributed by atoms with Gasteiger partial charge in [-0.2, -0.15) is 0 Å². The van der Waals surface area contributed by atoms with E-state index >= 15 is 0 Å². The first-order valence-electron chi connectivity index (χ1n) is 7.99. The average molecular weight is 483 g/mol. The van der Waals surface area contributed by atoms with Crippen LogP contribution < -0.4 is 5.32 Å². The highest BCUT2D eigenvalue weighted by atomic mass is 127. The highest BCUT2D eigenvalue weighted by molar-refractivity contribution is 14.0. The third-order valence-corrected chi connectivity index (χ3v) is 4.51. The maximum absolute atomic E-state index is 5.42. The Hall–Kier alpha value is -1.94. The number of aryl methyl sites for hydroxylation is 1. The molecular formula is C18H22IN5OS. The molecule has 0 atom stereocenters. The number of aromatic nitrogens is 2. The molecule has 3 aromatic rings. The van der Waals surface area contributed by atoms with Crippen molar-refractivity contribution in [1.82, 2.24) is 20.4 Å². The maximum Gasteiger partial charge on any atom is 0.194 e. The van der Waals surface area contributed by atoms with Gasteiger partial charge in [0.2, 0.25) is 0 Å². The van der Waals surface area contributed by atoms with Crippen LogP contribution in [0.15, 0.2) is 51.3 Å². The maximum atomic E-state index is 5.42. The number of guanidine groups is 1. The van der Waals surface area contributed by atoms with E-state index in [1.165, 1.54) is 0 Å². The molecular weight excluding hydrogens is 461 g/mol. The number of hydrogen-bond acceptors (Lipinski definition) is 5. The second-order valence-electron chi connectivity index (χ2n) is 5.66. The molecule has 0 aliphatic heterocycles. The minimum Gasteiger partial charge on any atom is -0.356 e. The molecule has 0 saturated heterocycles. The summed E-state index contributed by atoms with van der Waals surface area (Å²) in [4.78, 5) is 10.8. The number of hydrogen-bond donors (Lipinski definition) is 1. The minimum absolute atomic E-state index is 0. The van der Waals surface area contributed by atoms with Crippen molar-refractivity contribution in [3.8, 4) is 11.3 Å². The highest BCUT2D eigenvalue weighted by Crippen LogP contribution is 2.19. The SMILES string of the molecule is CN=C(NCc1cc(-c2ccccc2)on1)N(C)Cc1csc(C)n1.I. The molecule has 0 aliphatic rings. The fraction of sp³-hybridized carbons (Fsp3) is 0.278. The van der Waals surface area contributed by atoms with E-state index in [2.05, 4.69) is 25.8 Å². The molecule has 0 saturated carbocycles. The zero-order chi connectivity index (χ0) is 17.6. The predicted octanol–water partition coefficient (Wildman–Crippen LogP) is 3.93. The topological polar surface area (TPSA) is 66.6 Å². The van der Waals surface area contributed by atoms with Crippen molar-refractivity contribution < 1.29 is 4.52 Å². The van der Waals surface area contributed by atoms with Crippen LogP contribution in [0, 0.1) is 6.92 Å². The lowest BCUT2D eigenvalue weighted by molar-refractivity contribution is 0.420. The lowest BCUT2D eigenvalue weighted by Gasteiger charge is -2.20. The summed E-state index contributed by atoms with van der Waals surface area (Å²) in [6.45, 7) is 3.26.